The minimum absolute atomic E-state index is 0.319. The van der Waals surface area contributed by atoms with Crippen molar-refractivity contribution in [2.24, 2.45) is 11.3 Å². The van der Waals surface area contributed by atoms with Crippen LogP contribution in [0.15, 0.2) is 11.0 Å². The lowest BCUT2D eigenvalue weighted by Gasteiger charge is -2.30. The third-order valence-electron chi connectivity index (χ3n) is 2.95. The summed E-state index contributed by atoms with van der Waals surface area (Å²) in [4.78, 5) is 1.06. The molecule has 3 heteroatoms. The van der Waals surface area contributed by atoms with Crippen molar-refractivity contribution in [2.45, 2.75) is 58.6 Å². The molecule has 102 valence electrons. The normalized spacial score (nSPS) is 17.0. The van der Waals surface area contributed by atoms with Crippen molar-refractivity contribution >= 4 is 37.9 Å². The summed E-state index contributed by atoms with van der Waals surface area (Å²) in [5.74, 6) is 1.78. The van der Waals surface area contributed by atoms with Gasteiger partial charge in [0, 0.05) is 5.25 Å². The summed E-state index contributed by atoms with van der Waals surface area (Å²) < 4.78 is 0. The summed E-state index contributed by atoms with van der Waals surface area (Å²) in [6.45, 7) is 9.04. The van der Waals surface area contributed by atoms with Crippen molar-refractivity contribution in [1.82, 2.24) is 0 Å². The first-order chi connectivity index (χ1) is 7.76. The van der Waals surface area contributed by atoms with Crippen molar-refractivity contribution in [2.75, 3.05) is 5.75 Å². The molecule has 0 amide bonds. The van der Waals surface area contributed by atoms with Crippen LogP contribution in [-0.2, 0) is 0 Å². The van der Waals surface area contributed by atoms with Crippen LogP contribution in [0.25, 0.3) is 0 Å². The van der Waals surface area contributed by atoms with Crippen molar-refractivity contribution in [3.63, 3.8) is 0 Å². The Morgan fingerprint density at radius 1 is 1.29 bits per heavy atom. The molecule has 0 saturated heterocycles. The highest BCUT2D eigenvalue weighted by Crippen LogP contribution is 2.34. The maximum atomic E-state index is 4.62. The largest absolute Gasteiger partial charge is 0.179 e. The second-order valence-corrected chi connectivity index (χ2v) is 7.73. The molecule has 0 spiro atoms. The zero-order valence-electron chi connectivity index (χ0n) is 11.6. The zero-order chi connectivity index (χ0) is 13.5. The van der Waals surface area contributed by atoms with E-state index in [-0.39, 0.29) is 0 Å². The van der Waals surface area contributed by atoms with Gasteiger partial charge in [0.15, 0.2) is 0 Å². The van der Waals surface area contributed by atoms with Crippen LogP contribution in [0.4, 0.5) is 0 Å². The molecular weight excluding hydrogens is 264 g/mol. The van der Waals surface area contributed by atoms with Crippen molar-refractivity contribution < 1.29 is 0 Å². The third kappa shape index (κ3) is 10.4. The van der Waals surface area contributed by atoms with E-state index in [0.29, 0.717) is 10.7 Å². The summed E-state index contributed by atoms with van der Waals surface area (Å²) in [6.07, 6.45) is 7.01. The molecule has 0 radical (unpaired) electrons. The van der Waals surface area contributed by atoms with E-state index in [1.165, 1.54) is 19.3 Å². The molecule has 0 saturated carbocycles. The van der Waals surface area contributed by atoms with Gasteiger partial charge in [0.1, 0.15) is 0 Å². The minimum atomic E-state index is 0.319. The molecule has 0 aromatic heterocycles. The van der Waals surface area contributed by atoms with Gasteiger partial charge in [-0.3, -0.25) is 0 Å². The van der Waals surface area contributed by atoms with Crippen molar-refractivity contribution in [1.29, 1.82) is 0 Å². The standard InChI is InChI=1S/C14H28S3/c1-11(6-5-7-15)9-14(3,4)10-13(17)8-12(2)16/h8,11,13,15-17H,5-7,9-10H2,1-4H3/b12-8+. The first-order valence-electron chi connectivity index (χ1n) is 6.43. The smallest absolute Gasteiger partial charge is 0.0212 e. The molecule has 0 aliphatic heterocycles. The predicted molar refractivity (Wildman–Crippen MR) is 90.8 cm³/mol. The second-order valence-electron chi connectivity index (χ2n) is 5.92. The molecule has 0 nitrogen and oxygen atoms in total. The molecule has 0 heterocycles. The van der Waals surface area contributed by atoms with Crippen LogP contribution in [-0.4, -0.2) is 11.0 Å². The number of allylic oxidation sites excluding steroid dienone is 1. The average molecular weight is 293 g/mol. The van der Waals surface area contributed by atoms with Crippen LogP contribution in [0.1, 0.15) is 53.4 Å². The van der Waals surface area contributed by atoms with Gasteiger partial charge in [-0.2, -0.15) is 25.3 Å². The quantitative estimate of drug-likeness (QED) is 0.499. The Morgan fingerprint density at radius 2 is 1.88 bits per heavy atom. The van der Waals surface area contributed by atoms with Crippen LogP contribution in [0.2, 0.25) is 0 Å². The van der Waals surface area contributed by atoms with E-state index in [1.807, 2.05) is 6.92 Å². The number of thiol groups is 3. The molecule has 17 heavy (non-hydrogen) atoms. The molecule has 0 aromatic carbocycles. The van der Waals surface area contributed by atoms with Crippen LogP contribution in [0, 0.1) is 11.3 Å². The van der Waals surface area contributed by atoms with Crippen LogP contribution >= 0.6 is 37.9 Å². The Kier molecular flexibility index (Phi) is 9.23. The Balaban J connectivity index is 4.14. The van der Waals surface area contributed by atoms with E-state index >= 15 is 0 Å². The molecule has 0 aromatic rings. The van der Waals surface area contributed by atoms with Gasteiger partial charge in [0.25, 0.3) is 0 Å². The number of hydrogen-bond acceptors (Lipinski definition) is 3. The van der Waals surface area contributed by atoms with Gasteiger partial charge < -0.3 is 0 Å². The Labute approximate surface area is 124 Å². The fourth-order valence-electron chi connectivity index (χ4n) is 2.47. The predicted octanol–water partition coefficient (Wildman–Crippen LogP) is 5.27. The monoisotopic (exact) mass is 292 g/mol. The molecule has 0 fully saturated rings. The van der Waals surface area contributed by atoms with Gasteiger partial charge in [-0.05, 0) is 54.6 Å². The molecular formula is C14H28S3. The molecule has 0 bridgehead atoms. The molecule has 0 aliphatic rings. The summed E-state index contributed by atoms with van der Waals surface area (Å²) in [7, 11) is 0. The molecule has 0 N–H and O–H groups in total. The molecule has 2 unspecified atom stereocenters. The van der Waals surface area contributed by atoms with Gasteiger partial charge in [-0.15, -0.1) is 12.6 Å². The molecule has 2 atom stereocenters. The summed E-state index contributed by atoms with van der Waals surface area (Å²) in [5.41, 5.74) is 0.349. The first-order valence-corrected chi connectivity index (χ1v) is 8.03. The average Bonchev–Trinajstić information content (AvgIpc) is 2.10. The van der Waals surface area contributed by atoms with Crippen molar-refractivity contribution in [3.8, 4) is 0 Å². The molecule has 0 aliphatic carbocycles. The maximum absolute atomic E-state index is 4.62. The topological polar surface area (TPSA) is 0 Å². The highest BCUT2D eigenvalue weighted by Gasteiger charge is 2.23. The second kappa shape index (κ2) is 8.82. The lowest BCUT2D eigenvalue weighted by atomic mass is 9.78. The van der Waals surface area contributed by atoms with E-state index in [4.69, 9.17) is 0 Å². The van der Waals surface area contributed by atoms with E-state index in [9.17, 15) is 0 Å². The van der Waals surface area contributed by atoms with Gasteiger partial charge in [0.05, 0.1) is 0 Å². The van der Waals surface area contributed by atoms with Gasteiger partial charge in [0.2, 0.25) is 0 Å². The van der Waals surface area contributed by atoms with Crippen LogP contribution in [0.5, 0.6) is 0 Å². The van der Waals surface area contributed by atoms with Crippen molar-refractivity contribution in [3.05, 3.63) is 11.0 Å². The van der Waals surface area contributed by atoms with E-state index in [2.05, 4.69) is 64.7 Å². The minimum Gasteiger partial charge on any atom is -0.179 e. The maximum Gasteiger partial charge on any atom is 0.0212 e. The Bertz CT molecular complexity index is 230. The summed E-state index contributed by atoms with van der Waals surface area (Å²) in [6, 6.07) is 0. The number of rotatable bonds is 8. The zero-order valence-corrected chi connectivity index (χ0v) is 14.3. The van der Waals surface area contributed by atoms with Crippen LogP contribution in [0.3, 0.4) is 0 Å². The lowest BCUT2D eigenvalue weighted by Crippen LogP contribution is -2.20. The van der Waals surface area contributed by atoms with E-state index in [1.54, 1.807) is 0 Å². The van der Waals surface area contributed by atoms with Gasteiger partial charge in [-0.25, -0.2) is 0 Å². The lowest BCUT2D eigenvalue weighted by molar-refractivity contribution is 0.253. The van der Waals surface area contributed by atoms with Gasteiger partial charge in [-0.1, -0.05) is 26.8 Å². The third-order valence-corrected chi connectivity index (χ3v) is 3.75. The SMILES string of the molecule is C/C(S)=C\C(S)CC(C)(C)CC(C)CCCS. The number of hydrogen-bond donors (Lipinski definition) is 3. The Hall–Kier alpha value is 0.790. The van der Waals surface area contributed by atoms with E-state index in [0.717, 1.165) is 23.0 Å². The van der Waals surface area contributed by atoms with Crippen LogP contribution < -0.4 is 0 Å². The van der Waals surface area contributed by atoms with E-state index < -0.39 is 0 Å². The summed E-state index contributed by atoms with van der Waals surface area (Å²) >= 11 is 13.2. The highest BCUT2D eigenvalue weighted by atomic mass is 32.1. The van der Waals surface area contributed by atoms with Gasteiger partial charge >= 0.3 is 0 Å². The first kappa shape index (κ1) is 17.8. The Morgan fingerprint density at radius 3 is 2.35 bits per heavy atom. The summed E-state index contributed by atoms with van der Waals surface area (Å²) in [5, 5.41) is 0.319. The highest BCUT2D eigenvalue weighted by molar-refractivity contribution is 7.84. The molecule has 0 rings (SSSR count). The fourth-order valence-corrected chi connectivity index (χ4v) is 3.67. The fraction of sp³-hybridized carbons (Fsp3) is 0.857.